The molecule has 0 aromatic heterocycles. The van der Waals surface area contributed by atoms with Crippen LogP contribution in [-0.4, -0.2) is 54.7 Å². The lowest BCUT2D eigenvalue weighted by Crippen LogP contribution is -2.52. The van der Waals surface area contributed by atoms with Gasteiger partial charge in [-0.05, 0) is 67.9 Å². The predicted octanol–water partition coefficient (Wildman–Crippen LogP) is 6.64. The van der Waals surface area contributed by atoms with E-state index < -0.39 is 5.41 Å². The third kappa shape index (κ3) is 6.10. The van der Waals surface area contributed by atoms with Gasteiger partial charge in [0.15, 0.2) is 0 Å². The summed E-state index contributed by atoms with van der Waals surface area (Å²) in [5.74, 6) is 0.433. The number of likely N-dealkylation sites (N-methyl/N-ethyl adjacent to an activating group) is 1. The number of benzene rings is 3. The highest BCUT2D eigenvalue weighted by atomic mass is 35.5. The topological polar surface area (TPSA) is 52.7 Å². The molecule has 1 saturated carbocycles. The molecule has 3 aromatic carbocycles. The van der Waals surface area contributed by atoms with Crippen molar-refractivity contribution in [2.24, 2.45) is 5.92 Å². The summed E-state index contributed by atoms with van der Waals surface area (Å²) in [6.45, 7) is 6.67. The van der Waals surface area contributed by atoms with Crippen LogP contribution in [0.15, 0.2) is 78.9 Å². The van der Waals surface area contributed by atoms with Crippen LogP contribution in [0.25, 0.3) is 0 Å². The predicted molar refractivity (Wildman–Crippen MR) is 166 cm³/mol. The van der Waals surface area contributed by atoms with Crippen molar-refractivity contribution < 1.29 is 9.59 Å². The minimum atomic E-state index is -0.632. The zero-order chi connectivity index (χ0) is 29.2. The third-order valence-corrected chi connectivity index (χ3v) is 10.0. The van der Waals surface area contributed by atoms with E-state index in [2.05, 4.69) is 53.5 Å². The summed E-state index contributed by atoms with van der Waals surface area (Å²) in [7, 11) is 1.91. The van der Waals surface area contributed by atoms with E-state index >= 15 is 0 Å². The first-order chi connectivity index (χ1) is 19.7. The number of amides is 1. The van der Waals surface area contributed by atoms with E-state index in [4.69, 9.17) is 23.2 Å². The van der Waals surface area contributed by atoms with Crippen molar-refractivity contribution in [2.45, 2.75) is 50.1 Å². The van der Waals surface area contributed by atoms with Crippen LogP contribution in [0.5, 0.6) is 0 Å². The highest BCUT2D eigenvalue weighted by Gasteiger charge is 2.62. The molecule has 7 heteroatoms. The molecule has 1 N–H and O–H groups in total. The van der Waals surface area contributed by atoms with Gasteiger partial charge in [-0.25, -0.2) is 0 Å². The van der Waals surface area contributed by atoms with Gasteiger partial charge in [-0.3, -0.25) is 9.59 Å². The summed E-state index contributed by atoms with van der Waals surface area (Å²) in [5, 5.41) is 4.56. The minimum absolute atomic E-state index is 0.0570. The Bertz CT molecular complexity index is 1380. The van der Waals surface area contributed by atoms with Gasteiger partial charge in [-0.1, -0.05) is 89.9 Å². The molecule has 1 aliphatic heterocycles. The van der Waals surface area contributed by atoms with Gasteiger partial charge in [-0.2, -0.15) is 0 Å². The van der Waals surface area contributed by atoms with Crippen molar-refractivity contribution in [1.29, 1.82) is 0 Å². The molecule has 0 radical (unpaired) electrons. The van der Waals surface area contributed by atoms with Crippen molar-refractivity contribution in [3.63, 3.8) is 0 Å². The Hall–Kier alpha value is -2.70. The Morgan fingerprint density at radius 2 is 1.59 bits per heavy atom. The fourth-order valence-corrected chi connectivity index (χ4v) is 6.85. The highest BCUT2D eigenvalue weighted by Crippen LogP contribution is 2.57. The Labute approximate surface area is 253 Å². The molecule has 5 nitrogen and oxygen atoms in total. The second-order valence-electron chi connectivity index (χ2n) is 11.8. The van der Waals surface area contributed by atoms with Crippen LogP contribution < -0.4 is 5.32 Å². The maximum Gasteiger partial charge on any atom is 0.233 e. The number of carbonyl (C=O) groups excluding carboxylic acids is 2. The lowest BCUT2D eigenvalue weighted by molar-refractivity contribution is -0.135. The monoisotopic (exact) mass is 591 g/mol. The Morgan fingerprint density at radius 3 is 2.20 bits per heavy atom. The Kier molecular flexibility index (Phi) is 8.91. The summed E-state index contributed by atoms with van der Waals surface area (Å²) in [6, 6.07) is 26.2. The van der Waals surface area contributed by atoms with Gasteiger partial charge in [0.2, 0.25) is 5.91 Å². The van der Waals surface area contributed by atoms with Gasteiger partial charge in [0.1, 0.15) is 5.78 Å². The standard InChI is InChI=1S/C34H39Cl2N3O2/c1-24(40)22-37-33(27-12-8-5-9-13-27)16-18-39(19-17-33)23-29-21-34(29,28-14-15-30(35)31(36)20-28)32(41)38(3)25(2)26-10-6-4-7-11-26/h4-15,20,25,29,37H,16-19,21-23H2,1-3H3/t25-,29?,34?/m1/s1. The number of hydrogen-bond donors (Lipinski definition) is 1. The number of Topliss-reactive ketones (excluding diaryl/α,β-unsaturated/α-hetero) is 1. The van der Waals surface area contributed by atoms with Gasteiger partial charge in [0, 0.05) is 32.2 Å². The maximum absolute atomic E-state index is 14.3. The molecule has 41 heavy (non-hydrogen) atoms. The summed E-state index contributed by atoms with van der Waals surface area (Å²) in [6.07, 6.45) is 2.57. The number of piperidine rings is 1. The number of likely N-dealkylation sites (tertiary alicyclic amines) is 1. The van der Waals surface area contributed by atoms with E-state index in [-0.39, 0.29) is 29.2 Å². The summed E-state index contributed by atoms with van der Waals surface area (Å²) in [5.41, 5.74) is 2.41. The molecule has 3 aromatic rings. The molecule has 0 spiro atoms. The smallest absolute Gasteiger partial charge is 0.233 e. The van der Waals surface area contributed by atoms with Crippen molar-refractivity contribution in [1.82, 2.24) is 15.1 Å². The third-order valence-electron chi connectivity index (χ3n) is 9.30. The number of nitrogens with one attached hydrogen (secondary N) is 1. The molecular weight excluding hydrogens is 553 g/mol. The molecular formula is C34H39Cl2N3O2. The molecule has 2 aliphatic rings. The van der Waals surface area contributed by atoms with E-state index in [1.807, 2.05) is 48.3 Å². The molecule has 3 atom stereocenters. The number of nitrogens with zero attached hydrogens (tertiary/aromatic N) is 2. The van der Waals surface area contributed by atoms with E-state index in [1.165, 1.54) is 5.56 Å². The van der Waals surface area contributed by atoms with Crippen molar-refractivity contribution >= 4 is 34.9 Å². The molecule has 216 valence electrons. The number of halogens is 2. The van der Waals surface area contributed by atoms with Crippen molar-refractivity contribution in [3.8, 4) is 0 Å². The molecule has 1 saturated heterocycles. The second kappa shape index (κ2) is 12.3. The summed E-state index contributed by atoms with van der Waals surface area (Å²) in [4.78, 5) is 30.5. The van der Waals surface area contributed by atoms with Gasteiger partial charge >= 0.3 is 0 Å². The summed E-state index contributed by atoms with van der Waals surface area (Å²) < 4.78 is 0. The van der Waals surface area contributed by atoms with Gasteiger partial charge < -0.3 is 15.1 Å². The number of ketones is 1. The highest BCUT2D eigenvalue weighted by molar-refractivity contribution is 6.42. The van der Waals surface area contributed by atoms with Crippen LogP contribution in [0.4, 0.5) is 0 Å². The van der Waals surface area contributed by atoms with Gasteiger partial charge in [-0.15, -0.1) is 0 Å². The number of carbonyl (C=O) groups is 2. The molecule has 1 amide bonds. The number of hydrogen-bond acceptors (Lipinski definition) is 4. The van der Waals surface area contributed by atoms with Crippen LogP contribution in [0, 0.1) is 5.92 Å². The second-order valence-corrected chi connectivity index (χ2v) is 12.6. The van der Waals surface area contributed by atoms with E-state index in [9.17, 15) is 9.59 Å². The van der Waals surface area contributed by atoms with Crippen LogP contribution in [0.3, 0.4) is 0 Å². The van der Waals surface area contributed by atoms with E-state index in [1.54, 1.807) is 13.0 Å². The van der Waals surface area contributed by atoms with E-state index in [0.29, 0.717) is 16.6 Å². The quantitative estimate of drug-likeness (QED) is 0.287. The number of rotatable bonds is 10. The maximum atomic E-state index is 14.3. The zero-order valence-electron chi connectivity index (χ0n) is 24.1. The van der Waals surface area contributed by atoms with Gasteiger partial charge in [0.05, 0.1) is 28.0 Å². The van der Waals surface area contributed by atoms with Crippen molar-refractivity contribution in [3.05, 3.63) is 106 Å². The first kappa shape index (κ1) is 29.8. The fraction of sp³-hybridized carbons (Fsp3) is 0.412. The zero-order valence-corrected chi connectivity index (χ0v) is 25.6. The first-order valence-corrected chi connectivity index (χ1v) is 15.2. The Morgan fingerprint density at radius 1 is 0.951 bits per heavy atom. The van der Waals surface area contributed by atoms with Crippen LogP contribution in [0.2, 0.25) is 10.0 Å². The van der Waals surface area contributed by atoms with Crippen LogP contribution >= 0.6 is 23.2 Å². The van der Waals surface area contributed by atoms with Crippen LogP contribution in [0.1, 0.15) is 55.8 Å². The lowest BCUT2D eigenvalue weighted by Gasteiger charge is -2.43. The fourth-order valence-electron chi connectivity index (χ4n) is 6.56. The average molecular weight is 593 g/mol. The largest absolute Gasteiger partial charge is 0.338 e. The molecule has 5 rings (SSSR count). The van der Waals surface area contributed by atoms with Crippen LogP contribution in [-0.2, 0) is 20.5 Å². The molecule has 0 bridgehead atoms. The average Bonchev–Trinajstić information content (AvgIpc) is 3.72. The van der Waals surface area contributed by atoms with E-state index in [0.717, 1.165) is 50.0 Å². The lowest BCUT2D eigenvalue weighted by atomic mass is 9.80. The SMILES string of the molecule is CC(=O)CNC1(c2ccccc2)CCN(CC2CC2(C(=O)N(C)[C@H](C)c2ccccc2)c2ccc(Cl)c(Cl)c2)CC1. The molecule has 2 unspecified atom stereocenters. The molecule has 1 aliphatic carbocycles. The minimum Gasteiger partial charge on any atom is -0.338 e. The molecule has 2 fully saturated rings. The van der Waals surface area contributed by atoms with Crippen molar-refractivity contribution in [2.75, 3.05) is 33.2 Å². The normalized spacial score (nSPS) is 22.6. The van der Waals surface area contributed by atoms with Gasteiger partial charge in [0.25, 0.3) is 0 Å². The molecule has 1 heterocycles. The summed E-state index contributed by atoms with van der Waals surface area (Å²) >= 11 is 12.7. The Balaban J connectivity index is 1.35. The first-order valence-electron chi connectivity index (χ1n) is 14.5.